The maximum atomic E-state index is 12.9. The maximum absolute atomic E-state index is 12.9. The first kappa shape index (κ1) is 19.3. The Morgan fingerprint density at radius 3 is 2.50 bits per heavy atom. The van der Waals surface area contributed by atoms with Gasteiger partial charge in [-0.25, -0.2) is 10.4 Å². The lowest BCUT2D eigenvalue weighted by Crippen LogP contribution is -2.18. The fourth-order valence-corrected chi connectivity index (χ4v) is 3.16. The third-order valence-electron chi connectivity index (χ3n) is 4.60. The largest absolute Gasteiger partial charge is 0.494 e. The maximum Gasteiger partial charge on any atom is 0.272 e. The van der Waals surface area contributed by atoms with E-state index in [1.165, 1.54) is 0 Å². The standard InChI is InChI=1S/C25H21N3O2/c1-2-30-20-14-12-18(13-15-20)17-26-28-25(29)22-16-24(19-8-4-3-5-9-19)27-23-11-7-6-10-21(22)23/h3-17H,2H2,1H3,(H,28,29)/b26-17+. The van der Waals surface area contributed by atoms with Crippen molar-refractivity contribution >= 4 is 23.0 Å². The van der Waals surface area contributed by atoms with Crippen molar-refractivity contribution in [2.75, 3.05) is 6.61 Å². The molecule has 0 bridgehead atoms. The minimum absolute atomic E-state index is 0.284. The molecule has 5 nitrogen and oxygen atoms in total. The van der Waals surface area contributed by atoms with E-state index in [4.69, 9.17) is 9.72 Å². The number of para-hydroxylation sites is 1. The van der Waals surface area contributed by atoms with Crippen molar-refractivity contribution in [1.29, 1.82) is 0 Å². The fourth-order valence-electron chi connectivity index (χ4n) is 3.16. The van der Waals surface area contributed by atoms with Crippen molar-refractivity contribution in [3.05, 3.63) is 96.1 Å². The van der Waals surface area contributed by atoms with Crippen LogP contribution in [0.15, 0.2) is 90.0 Å². The van der Waals surface area contributed by atoms with Gasteiger partial charge in [-0.15, -0.1) is 0 Å². The second-order valence-corrected chi connectivity index (χ2v) is 6.64. The SMILES string of the molecule is CCOc1ccc(/C=N/NC(=O)c2cc(-c3ccccc3)nc3ccccc23)cc1. The van der Waals surface area contributed by atoms with Gasteiger partial charge in [0, 0.05) is 10.9 Å². The smallest absolute Gasteiger partial charge is 0.272 e. The lowest BCUT2D eigenvalue weighted by molar-refractivity contribution is 0.0956. The van der Waals surface area contributed by atoms with E-state index < -0.39 is 0 Å². The van der Waals surface area contributed by atoms with Gasteiger partial charge in [0.2, 0.25) is 0 Å². The summed E-state index contributed by atoms with van der Waals surface area (Å²) < 4.78 is 5.43. The number of ether oxygens (including phenoxy) is 1. The molecule has 5 heteroatoms. The number of nitrogens with one attached hydrogen (secondary N) is 1. The van der Waals surface area contributed by atoms with E-state index in [2.05, 4.69) is 10.5 Å². The molecule has 4 aromatic rings. The molecule has 3 aromatic carbocycles. The van der Waals surface area contributed by atoms with Crippen molar-refractivity contribution in [3.63, 3.8) is 0 Å². The summed E-state index contributed by atoms with van der Waals surface area (Å²) in [5, 5.41) is 4.90. The summed E-state index contributed by atoms with van der Waals surface area (Å²) in [6.07, 6.45) is 1.61. The minimum Gasteiger partial charge on any atom is -0.494 e. The Kier molecular flexibility index (Phi) is 5.80. The number of benzene rings is 3. The fraction of sp³-hybridized carbons (Fsp3) is 0.0800. The highest BCUT2D eigenvalue weighted by molar-refractivity contribution is 6.07. The number of carbonyl (C=O) groups excluding carboxylic acids is 1. The summed E-state index contributed by atoms with van der Waals surface area (Å²) in [5.74, 6) is 0.517. The molecule has 1 aromatic heterocycles. The van der Waals surface area contributed by atoms with Crippen LogP contribution < -0.4 is 10.2 Å². The summed E-state index contributed by atoms with van der Waals surface area (Å²) in [6, 6.07) is 26.7. The molecule has 1 N–H and O–H groups in total. The van der Waals surface area contributed by atoms with Crippen molar-refractivity contribution in [3.8, 4) is 17.0 Å². The number of hydrazone groups is 1. The lowest BCUT2D eigenvalue weighted by Gasteiger charge is -2.09. The van der Waals surface area contributed by atoms with E-state index in [9.17, 15) is 4.79 Å². The molecule has 0 aliphatic heterocycles. The van der Waals surface area contributed by atoms with Crippen LogP contribution in [0.3, 0.4) is 0 Å². The number of rotatable bonds is 6. The molecular formula is C25H21N3O2. The van der Waals surface area contributed by atoms with Crippen molar-refractivity contribution in [2.45, 2.75) is 6.92 Å². The molecule has 0 atom stereocenters. The normalized spacial score (nSPS) is 11.0. The second-order valence-electron chi connectivity index (χ2n) is 6.64. The van der Waals surface area contributed by atoms with Gasteiger partial charge in [0.1, 0.15) is 5.75 Å². The predicted molar refractivity (Wildman–Crippen MR) is 120 cm³/mol. The van der Waals surface area contributed by atoms with Crippen LogP contribution in [0, 0.1) is 0 Å². The van der Waals surface area contributed by atoms with Crippen LogP contribution in [0.1, 0.15) is 22.8 Å². The zero-order chi connectivity index (χ0) is 20.8. The van der Waals surface area contributed by atoms with Crippen LogP contribution >= 0.6 is 0 Å². The van der Waals surface area contributed by atoms with Crippen molar-refractivity contribution in [1.82, 2.24) is 10.4 Å². The first-order valence-corrected chi connectivity index (χ1v) is 9.76. The number of pyridine rings is 1. The van der Waals surface area contributed by atoms with Crippen LogP contribution in [0.25, 0.3) is 22.2 Å². The van der Waals surface area contributed by atoms with Gasteiger partial charge >= 0.3 is 0 Å². The van der Waals surface area contributed by atoms with Crippen molar-refractivity contribution < 1.29 is 9.53 Å². The molecule has 0 unspecified atom stereocenters. The Hall–Kier alpha value is -3.99. The molecule has 0 aliphatic rings. The average Bonchev–Trinajstić information content (AvgIpc) is 2.80. The second kappa shape index (κ2) is 9.01. The number of nitrogens with zero attached hydrogens (tertiary/aromatic N) is 2. The topological polar surface area (TPSA) is 63.6 Å². The summed E-state index contributed by atoms with van der Waals surface area (Å²) in [5.41, 5.74) is 6.49. The Morgan fingerprint density at radius 1 is 1.00 bits per heavy atom. The molecule has 1 amide bonds. The van der Waals surface area contributed by atoms with E-state index in [0.717, 1.165) is 33.5 Å². The highest BCUT2D eigenvalue weighted by Crippen LogP contribution is 2.24. The molecular weight excluding hydrogens is 374 g/mol. The summed E-state index contributed by atoms with van der Waals surface area (Å²) in [7, 11) is 0. The van der Waals surface area contributed by atoms with E-state index >= 15 is 0 Å². The first-order chi connectivity index (χ1) is 14.7. The number of amides is 1. The number of fused-ring (bicyclic) bond motifs is 1. The Morgan fingerprint density at radius 2 is 1.73 bits per heavy atom. The number of hydrogen-bond donors (Lipinski definition) is 1. The molecule has 0 saturated heterocycles. The Labute approximate surface area is 175 Å². The predicted octanol–water partition coefficient (Wildman–Crippen LogP) is 5.06. The third-order valence-corrected chi connectivity index (χ3v) is 4.60. The van der Waals surface area contributed by atoms with E-state index in [0.29, 0.717) is 12.2 Å². The summed E-state index contributed by atoms with van der Waals surface area (Å²) in [4.78, 5) is 17.6. The van der Waals surface area contributed by atoms with Crippen LogP contribution in [-0.4, -0.2) is 23.7 Å². The monoisotopic (exact) mass is 395 g/mol. The van der Waals surface area contributed by atoms with Crippen molar-refractivity contribution in [2.24, 2.45) is 5.10 Å². The van der Waals surface area contributed by atoms with Gasteiger partial charge in [0.25, 0.3) is 5.91 Å². The Bertz CT molecular complexity index is 1190. The highest BCUT2D eigenvalue weighted by atomic mass is 16.5. The van der Waals surface area contributed by atoms with E-state index in [1.807, 2.05) is 85.8 Å². The van der Waals surface area contributed by atoms with Crippen LogP contribution in [0.4, 0.5) is 0 Å². The molecule has 4 rings (SSSR count). The minimum atomic E-state index is -0.284. The van der Waals surface area contributed by atoms with Gasteiger partial charge in [-0.2, -0.15) is 5.10 Å². The van der Waals surface area contributed by atoms with Gasteiger partial charge in [0.05, 0.1) is 29.6 Å². The molecule has 0 saturated carbocycles. The molecule has 0 radical (unpaired) electrons. The van der Waals surface area contributed by atoms with Gasteiger partial charge in [-0.05, 0) is 48.9 Å². The lowest BCUT2D eigenvalue weighted by atomic mass is 10.0. The van der Waals surface area contributed by atoms with Gasteiger partial charge in [-0.3, -0.25) is 4.79 Å². The molecule has 0 fully saturated rings. The summed E-state index contributed by atoms with van der Waals surface area (Å²) >= 11 is 0. The molecule has 1 heterocycles. The average molecular weight is 395 g/mol. The van der Waals surface area contributed by atoms with Crippen LogP contribution in [0.5, 0.6) is 5.75 Å². The van der Waals surface area contributed by atoms with E-state index in [-0.39, 0.29) is 5.91 Å². The quantitative estimate of drug-likeness (QED) is 0.366. The molecule has 148 valence electrons. The number of hydrogen-bond acceptors (Lipinski definition) is 4. The summed E-state index contributed by atoms with van der Waals surface area (Å²) in [6.45, 7) is 2.56. The molecule has 30 heavy (non-hydrogen) atoms. The Balaban J connectivity index is 1.59. The van der Waals surface area contributed by atoms with Gasteiger partial charge < -0.3 is 4.74 Å². The highest BCUT2D eigenvalue weighted by Gasteiger charge is 2.13. The molecule has 0 spiro atoms. The van der Waals surface area contributed by atoms with Gasteiger partial charge in [0.15, 0.2) is 0 Å². The van der Waals surface area contributed by atoms with Crippen LogP contribution in [-0.2, 0) is 0 Å². The molecule has 0 aliphatic carbocycles. The zero-order valence-corrected chi connectivity index (χ0v) is 16.6. The van der Waals surface area contributed by atoms with Gasteiger partial charge in [-0.1, -0.05) is 48.5 Å². The third kappa shape index (κ3) is 4.36. The van der Waals surface area contributed by atoms with Crippen LogP contribution in [0.2, 0.25) is 0 Å². The number of aromatic nitrogens is 1. The first-order valence-electron chi connectivity index (χ1n) is 9.76. The zero-order valence-electron chi connectivity index (χ0n) is 16.6. The van der Waals surface area contributed by atoms with E-state index in [1.54, 1.807) is 12.3 Å². The number of carbonyl (C=O) groups is 1.